The molecule has 0 radical (unpaired) electrons. The highest BCUT2D eigenvalue weighted by atomic mass is 14.6. The van der Waals surface area contributed by atoms with Crippen LogP contribution in [0.2, 0.25) is 0 Å². The lowest BCUT2D eigenvalue weighted by molar-refractivity contribution is 1.07. The van der Waals surface area contributed by atoms with Gasteiger partial charge in [0.15, 0.2) is 0 Å². The standard InChI is InChI=1S/C12H12N4/c13-9-8(10(14)12(16)11(9)15)6-7-4-2-1-3-5-7/h1-5,13,15-16H,6,14H2. The fourth-order valence-electron chi connectivity index (χ4n) is 1.68. The van der Waals surface area contributed by atoms with E-state index in [0.29, 0.717) is 12.0 Å². The van der Waals surface area contributed by atoms with Gasteiger partial charge in [-0.05, 0) is 5.56 Å². The van der Waals surface area contributed by atoms with Crippen LogP contribution in [-0.2, 0) is 6.42 Å². The van der Waals surface area contributed by atoms with Crippen molar-refractivity contribution in [1.82, 2.24) is 0 Å². The van der Waals surface area contributed by atoms with E-state index in [4.69, 9.17) is 22.0 Å². The average Bonchev–Trinajstić information content (AvgIpc) is 2.48. The number of anilines is 1. The second-order valence-electron chi connectivity index (χ2n) is 3.68. The minimum absolute atomic E-state index is 0.0315. The number of nitrogens with two attached hydrogens (primary N) is 1. The summed E-state index contributed by atoms with van der Waals surface area (Å²) in [6.07, 6.45) is 0.510. The molecule has 0 atom stereocenters. The molecule has 0 unspecified atom stereocenters. The molecular weight excluding hydrogens is 200 g/mol. The van der Waals surface area contributed by atoms with Gasteiger partial charge in [0, 0.05) is 12.0 Å². The maximum absolute atomic E-state index is 7.72. The molecule has 80 valence electrons. The zero-order valence-electron chi connectivity index (χ0n) is 8.67. The third-order valence-electron chi connectivity index (χ3n) is 2.62. The minimum atomic E-state index is -0.0802. The second-order valence-corrected chi connectivity index (χ2v) is 3.68. The molecule has 2 aromatic carbocycles. The van der Waals surface area contributed by atoms with Crippen molar-refractivity contribution in [3.05, 3.63) is 57.5 Å². The molecule has 0 aliphatic heterocycles. The molecular formula is C12H12N4. The molecule has 4 nitrogen and oxygen atoms in total. The van der Waals surface area contributed by atoms with Gasteiger partial charge >= 0.3 is 0 Å². The van der Waals surface area contributed by atoms with E-state index in [2.05, 4.69) is 0 Å². The van der Waals surface area contributed by atoms with Gasteiger partial charge in [0.05, 0.1) is 11.0 Å². The number of rotatable bonds is 2. The van der Waals surface area contributed by atoms with Crippen molar-refractivity contribution in [1.29, 1.82) is 16.2 Å². The predicted molar refractivity (Wildman–Crippen MR) is 60.0 cm³/mol. The molecule has 0 aliphatic carbocycles. The summed E-state index contributed by atoms with van der Waals surface area (Å²) in [6.45, 7) is 0. The Hall–Kier alpha value is -2.23. The molecule has 5 N–H and O–H groups in total. The van der Waals surface area contributed by atoms with Gasteiger partial charge in [-0.2, -0.15) is 0 Å². The number of nitrogens with one attached hydrogen (secondary N) is 3. The quantitative estimate of drug-likeness (QED) is 0.561. The highest BCUT2D eigenvalue weighted by molar-refractivity contribution is 5.48. The van der Waals surface area contributed by atoms with Crippen LogP contribution < -0.4 is 21.8 Å². The highest BCUT2D eigenvalue weighted by Crippen LogP contribution is 2.08. The summed E-state index contributed by atoms with van der Waals surface area (Å²) in [6, 6.07) is 9.64. The molecule has 0 saturated carbocycles. The molecule has 2 aromatic rings. The van der Waals surface area contributed by atoms with Crippen LogP contribution in [0.15, 0.2) is 30.3 Å². The fourth-order valence-corrected chi connectivity index (χ4v) is 1.68. The van der Waals surface area contributed by atoms with Crippen molar-refractivity contribution in [3.8, 4) is 0 Å². The molecule has 0 fully saturated rings. The molecule has 0 aromatic heterocycles. The van der Waals surface area contributed by atoms with Gasteiger partial charge in [0.25, 0.3) is 0 Å². The summed E-state index contributed by atoms with van der Waals surface area (Å²) >= 11 is 0. The summed E-state index contributed by atoms with van der Waals surface area (Å²) in [5, 5.41) is 22.7. The smallest absolute Gasteiger partial charge is 0.106 e. The molecule has 4 heteroatoms. The van der Waals surface area contributed by atoms with Crippen LogP contribution in [-0.4, -0.2) is 0 Å². The average molecular weight is 212 g/mol. The van der Waals surface area contributed by atoms with Gasteiger partial charge in [-0.3, -0.25) is 16.2 Å². The topological polar surface area (TPSA) is 97.6 Å². The van der Waals surface area contributed by atoms with E-state index in [-0.39, 0.29) is 21.8 Å². The van der Waals surface area contributed by atoms with Gasteiger partial charge < -0.3 is 5.73 Å². The Morgan fingerprint density at radius 2 is 1.50 bits per heavy atom. The van der Waals surface area contributed by atoms with Crippen molar-refractivity contribution in [2.24, 2.45) is 0 Å². The molecule has 2 rings (SSSR count). The monoisotopic (exact) mass is 212 g/mol. The first kappa shape index (κ1) is 10.3. The number of nitrogen functional groups attached to an aromatic ring is 1. The van der Waals surface area contributed by atoms with Crippen molar-refractivity contribution in [2.45, 2.75) is 6.42 Å². The van der Waals surface area contributed by atoms with Crippen molar-refractivity contribution in [2.75, 3.05) is 5.73 Å². The van der Waals surface area contributed by atoms with E-state index < -0.39 is 0 Å². The molecule has 0 amide bonds. The van der Waals surface area contributed by atoms with Crippen LogP contribution in [0, 0.1) is 16.2 Å². The third-order valence-corrected chi connectivity index (χ3v) is 2.62. The van der Waals surface area contributed by atoms with E-state index in [0.717, 1.165) is 5.56 Å². The van der Waals surface area contributed by atoms with Gasteiger partial charge in [0.2, 0.25) is 0 Å². The lowest BCUT2D eigenvalue weighted by Gasteiger charge is -2.00. The molecule has 0 spiro atoms. The van der Waals surface area contributed by atoms with E-state index >= 15 is 0 Å². The Balaban J connectivity index is 2.52. The maximum Gasteiger partial charge on any atom is 0.106 e. The summed E-state index contributed by atoms with van der Waals surface area (Å²) in [5.41, 5.74) is 7.61. The Morgan fingerprint density at radius 3 is 2.00 bits per heavy atom. The van der Waals surface area contributed by atoms with Crippen LogP contribution >= 0.6 is 0 Å². The van der Waals surface area contributed by atoms with Crippen LogP contribution in [0.4, 0.5) is 5.69 Å². The largest absolute Gasteiger partial charge is 0.397 e. The van der Waals surface area contributed by atoms with Crippen molar-refractivity contribution < 1.29 is 0 Å². The Morgan fingerprint density at radius 1 is 0.875 bits per heavy atom. The van der Waals surface area contributed by atoms with Crippen LogP contribution in [0.5, 0.6) is 0 Å². The SMILES string of the molecule is N=c1c(N)c(Cc2ccccc2)c(=N)c1=N. The maximum atomic E-state index is 7.72. The summed E-state index contributed by atoms with van der Waals surface area (Å²) in [5.74, 6) is 0. The van der Waals surface area contributed by atoms with Crippen molar-refractivity contribution >= 4 is 5.69 Å². The van der Waals surface area contributed by atoms with E-state index in [1.807, 2.05) is 30.3 Å². The molecule has 0 saturated heterocycles. The third kappa shape index (κ3) is 1.54. The first-order chi connectivity index (χ1) is 7.61. The van der Waals surface area contributed by atoms with Gasteiger partial charge in [0.1, 0.15) is 10.7 Å². The number of hydrogen-bond donors (Lipinski definition) is 4. The second kappa shape index (κ2) is 3.73. The van der Waals surface area contributed by atoms with E-state index in [9.17, 15) is 0 Å². The summed E-state index contributed by atoms with van der Waals surface area (Å²) < 4.78 is 0. The fraction of sp³-hybridized carbons (Fsp3) is 0.0833. The van der Waals surface area contributed by atoms with Crippen LogP contribution in [0.1, 0.15) is 11.1 Å². The molecule has 0 aliphatic rings. The number of hydrogen-bond acceptors (Lipinski definition) is 4. The lowest BCUT2D eigenvalue weighted by Crippen LogP contribution is -2.31. The normalized spacial score (nSPS) is 10.5. The molecule has 16 heavy (non-hydrogen) atoms. The summed E-state index contributed by atoms with van der Waals surface area (Å²) in [4.78, 5) is 0. The van der Waals surface area contributed by atoms with Gasteiger partial charge in [-0.15, -0.1) is 0 Å². The zero-order valence-corrected chi connectivity index (χ0v) is 8.67. The zero-order chi connectivity index (χ0) is 11.7. The highest BCUT2D eigenvalue weighted by Gasteiger charge is 2.09. The van der Waals surface area contributed by atoms with Gasteiger partial charge in [-0.25, -0.2) is 0 Å². The summed E-state index contributed by atoms with van der Waals surface area (Å²) in [7, 11) is 0. The van der Waals surface area contributed by atoms with Crippen LogP contribution in [0.25, 0.3) is 0 Å². The van der Waals surface area contributed by atoms with Crippen LogP contribution in [0.3, 0.4) is 0 Å². The Kier molecular flexibility index (Phi) is 2.40. The first-order valence-corrected chi connectivity index (χ1v) is 4.91. The Bertz CT molecular complexity index is 649. The molecule has 0 bridgehead atoms. The predicted octanol–water partition coefficient (Wildman–Crippen LogP) is 0.174. The lowest BCUT2D eigenvalue weighted by atomic mass is 10.1. The van der Waals surface area contributed by atoms with E-state index in [1.54, 1.807) is 0 Å². The first-order valence-electron chi connectivity index (χ1n) is 4.91. The Labute approximate surface area is 92.2 Å². The number of benzene rings is 1. The molecule has 0 heterocycles. The van der Waals surface area contributed by atoms with Gasteiger partial charge in [-0.1, -0.05) is 30.3 Å². The van der Waals surface area contributed by atoms with E-state index in [1.165, 1.54) is 0 Å². The minimum Gasteiger partial charge on any atom is -0.397 e. The van der Waals surface area contributed by atoms with Crippen molar-refractivity contribution in [3.63, 3.8) is 0 Å².